The molecule has 3 aromatic rings. The molecule has 4 rings (SSSR count). The van der Waals surface area contributed by atoms with Gasteiger partial charge in [-0.3, -0.25) is 0 Å². The number of nitrogens with one attached hydrogen (secondary N) is 1. The quantitative estimate of drug-likeness (QED) is 0.675. The number of aryl methyl sites for hydroxylation is 2. The van der Waals surface area contributed by atoms with E-state index in [0.717, 1.165) is 23.3 Å². The fourth-order valence-corrected chi connectivity index (χ4v) is 3.23. The number of hydrogen-bond donors (Lipinski definition) is 1. The highest BCUT2D eigenvalue weighted by molar-refractivity contribution is 9.10. The van der Waals surface area contributed by atoms with Crippen molar-refractivity contribution in [3.05, 3.63) is 40.3 Å². The summed E-state index contributed by atoms with van der Waals surface area (Å²) in [7, 11) is 0. The molecule has 0 atom stereocenters. The standard InChI is InChI=1S/C14H12BrN3/c1-8-16-7-13-14-10(4-5-18(8)13)11-6-9(15)2-3-12(11)17-14/h2-3,6-7,17H,4-5H2,1H3. The van der Waals surface area contributed by atoms with E-state index >= 15 is 0 Å². The molecule has 3 heterocycles. The van der Waals surface area contributed by atoms with Gasteiger partial charge in [0.25, 0.3) is 0 Å². The third kappa shape index (κ3) is 1.27. The Balaban J connectivity index is 2.08. The van der Waals surface area contributed by atoms with Gasteiger partial charge >= 0.3 is 0 Å². The van der Waals surface area contributed by atoms with Gasteiger partial charge in [-0.15, -0.1) is 0 Å². The van der Waals surface area contributed by atoms with Crippen LogP contribution in [0.4, 0.5) is 0 Å². The molecule has 0 saturated heterocycles. The van der Waals surface area contributed by atoms with Crippen LogP contribution in [0.5, 0.6) is 0 Å². The maximum atomic E-state index is 4.42. The molecule has 0 bridgehead atoms. The lowest BCUT2D eigenvalue weighted by atomic mass is 10.0. The van der Waals surface area contributed by atoms with Crippen molar-refractivity contribution in [2.45, 2.75) is 19.9 Å². The van der Waals surface area contributed by atoms with Crippen LogP contribution in [0, 0.1) is 6.92 Å². The van der Waals surface area contributed by atoms with E-state index in [9.17, 15) is 0 Å². The first-order valence-electron chi connectivity index (χ1n) is 6.06. The Hall–Kier alpha value is -1.55. The zero-order valence-electron chi connectivity index (χ0n) is 10.00. The molecule has 4 heteroatoms. The van der Waals surface area contributed by atoms with E-state index < -0.39 is 0 Å². The van der Waals surface area contributed by atoms with Gasteiger partial charge in [0.05, 0.1) is 17.6 Å². The van der Waals surface area contributed by atoms with Crippen molar-refractivity contribution in [2.24, 2.45) is 0 Å². The third-order valence-electron chi connectivity index (χ3n) is 3.76. The summed E-state index contributed by atoms with van der Waals surface area (Å²) in [6.07, 6.45) is 3.04. The molecule has 0 amide bonds. The molecule has 0 unspecified atom stereocenters. The molecule has 1 aromatic carbocycles. The van der Waals surface area contributed by atoms with E-state index in [0.29, 0.717) is 0 Å². The maximum absolute atomic E-state index is 4.42. The average Bonchev–Trinajstić information content (AvgIpc) is 2.90. The normalized spacial score (nSPS) is 13.7. The summed E-state index contributed by atoms with van der Waals surface area (Å²) < 4.78 is 3.42. The van der Waals surface area contributed by atoms with Crippen LogP contribution in [0.2, 0.25) is 0 Å². The number of imidazole rings is 1. The fourth-order valence-electron chi connectivity index (χ4n) is 2.87. The van der Waals surface area contributed by atoms with Gasteiger partial charge in [0.1, 0.15) is 5.82 Å². The Bertz CT molecular complexity index is 767. The van der Waals surface area contributed by atoms with E-state index in [2.05, 4.69) is 55.6 Å². The number of benzene rings is 1. The van der Waals surface area contributed by atoms with Gasteiger partial charge < -0.3 is 9.55 Å². The van der Waals surface area contributed by atoms with E-state index in [1.807, 2.05) is 6.20 Å². The summed E-state index contributed by atoms with van der Waals surface area (Å²) in [5.41, 5.74) is 5.06. The Labute approximate surface area is 113 Å². The summed E-state index contributed by atoms with van der Waals surface area (Å²) in [6.45, 7) is 3.08. The van der Waals surface area contributed by atoms with E-state index in [4.69, 9.17) is 0 Å². The van der Waals surface area contributed by atoms with Crippen molar-refractivity contribution in [1.82, 2.24) is 14.5 Å². The molecule has 3 nitrogen and oxygen atoms in total. The van der Waals surface area contributed by atoms with Crippen molar-refractivity contribution in [3.63, 3.8) is 0 Å². The lowest BCUT2D eigenvalue weighted by molar-refractivity contribution is 0.664. The van der Waals surface area contributed by atoms with Crippen LogP contribution in [-0.2, 0) is 13.0 Å². The summed E-state index contributed by atoms with van der Waals surface area (Å²) in [5, 5.41) is 1.32. The molecule has 0 saturated carbocycles. The number of aromatic amines is 1. The van der Waals surface area contributed by atoms with Crippen molar-refractivity contribution < 1.29 is 0 Å². The van der Waals surface area contributed by atoms with Crippen LogP contribution in [0.3, 0.4) is 0 Å². The average molecular weight is 302 g/mol. The van der Waals surface area contributed by atoms with E-state index in [1.54, 1.807) is 0 Å². The topological polar surface area (TPSA) is 33.6 Å². The van der Waals surface area contributed by atoms with E-state index in [-0.39, 0.29) is 0 Å². The van der Waals surface area contributed by atoms with Gasteiger partial charge in [-0.25, -0.2) is 4.98 Å². The number of nitrogens with zero attached hydrogens (tertiary/aromatic N) is 2. The zero-order valence-corrected chi connectivity index (χ0v) is 11.6. The highest BCUT2D eigenvalue weighted by Crippen LogP contribution is 2.35. The minimum atomic E-state index is 1.02. The number of aromatic nitrogens is 3. The van der Waals surface area contributed by atoms with Crippen molar-refractivity contribution >= 4 is 26.8 Å². The number of rotatable bonds is 0. The molecule has 1 aliphatic heterocycles. The van der Waals surface area contributed by atoms with Crippen molar-refractivity contribution in [2.75, 3.05) is 0 Å². The Kier molecular flexibility index (Phi) is 2.01. The number of H-pyrrole nitrogens is 1. The first-order valence-corrected chi connectivity index (χ1v) is 6.86. The molecule has 0 fully saturated rings. The Morgan fingerprint density at radius 1 is 1.39 bits per heavy atom. The molecular formula is C14H12BrN3. The van der Waals surface area contributed by atoms with Gasteiger partial charge in [-0.05, 0) is 37.1 Å². The van der Waals surface area contributed by atoms with Gasteiger partial charge in [0.2, 0.25) is 0 Å². The lowest BCUT2D eigenvalue weighted by Crippen LogP contribution is -2.11. The smallest absolute Gasteiger partial charge is 0.106 e. The van der Waals surface area contributed by atoms with Crippen molar-refractivity contribution in [1.29, 1.82) is 0 Å². The Morgan fingerprint density at radius 2 is 2.28 bits per heavy atom. The first-order chi connectivity index (χ1) is 8.74. The summed E-state index contributed by atoms with van der Waals surface area (Å²) in [4.78, 5) is 7.95. The monoisotopic (exact) mass is 301 g/mol. The minimum Gasteiger partial charge on any atom is -0.353 e. The molecule has 1 N–H and O–H groups in total. The highest BCUT2D eigenvalue weighted by atomic mass is 79.9. The molecule has 0 spiro atoms. The molecular weight excluding hydrogens is 290 g/mol. The largest absolute Gasteiger partial charge is 0.353 e. The van der Waals surface area contributed by atoms with Crippen molar-refractivity contribution in [3.8, 4) is 11.4 Å². The van der Waals surface area contributed by atoms with Gasteiger partial charge in [0.15, 0.2) is 0 Å². The van der Waals surface area contributed by atoms with Gasteiger partial charge in [-0.1, -0.05) is 15.9 Å². The van der Waals surface area contributed by atoms with Crippen LogP contribution < -0.4 is 0 Å². The third-order valence-corrected chi connectivity index (χ3v) is 4.26. The number of hydrogen-bond acceptors (Lipinski definition) is 1. The van der Waals surface area contributed by atoms with Gasteiger partial charge in [0, 0.05) is 21.9 Å². The second-order valence-electron chi connectivity index (χ2n) is 4.76. The summed E-state index contributed by atoms with van der Waals surface area (Å²) in [6, 6.07) is 6.40. The molecule has 18 heavy (non-hydrogen) atoms. The van der Waals surface area contributed by atoms with E-state index in [1.165, 1.54) is 27.9 Å². The molecule has 0 aliphatic carbocycles. The minimum absolute atomic E-state index is 1.02. The Morgan fingerprint density at radius 3 is 3.17 bits per heavy atom. The van der Waals surface area contributed by atoms with Gasteiger partial charge in [-0.2, -0.15) is 0 Å². The highest BCUT2D eigenvalue weighted by Gasteiger charge is 2.22. The predicted molar refractivity (Wildman–Crippen MR) is 75.7 cm³/mol. The number of halogens is 1. The molecule has 2 aromatic heterocycles. The number of fused-ring (bicyclic) bond motifs is 5. The molecule has 1 aliphatic rings. The fraction of sp³-hybridized carbons (Fsp3) is 0.214. The first kappa shape index (κ1) is 10.4. The molecule has 90 valence electrons. The van der Waals surface area contributed by atoms with Crippen LogP contribution in [0.15, 0.2) is 28.9 Å². The maximum Gasteiger partial charge on any atom is 0.106 e. The predicted octanol–water partition coefficient (Wildman–Crippen LogP) is 3.66. The zero-order chi connectivity index (χ0) is 12.3. The van der Waals surface area contributed by atoms with Crippen LogP contribution in [0.25, 0.3) is 22.3 Å². The summed E-state index contributed by atoms with van der Waals surface area (Å²) in [5.74, 6) is 1.09. The SMILES string of the molecule is Cc1ncc2n1CCc1c-2[nH]c2ccc(Br)cc12. The summed E-state index contributed by atoms with van der Waals surface area (Å²) >= 11 is 3.55. The lowest BCUT2D eigenvalue weighted by Gasteiger charge is -2.16. The molecule has 0 radical (unpaired) electrons. The second-order valence-corrected chi connectivity index (χ2v) is 5.68. The van der Waals surface area contributed by atoms with Crippen LogP contribution >= 0.6 is 15.9 Å². The van der Waals surface area contributed by atoms with Crippen LogP contribution in [-0.4, -0.2) is 14.5 Å². The second kappa shape index (κ2) is 3.48. The van der Waals surface area contributed by atoms with Crippen LogP contribution in [0.1, 0.15) is 11.4 Å².